The lowest BCUT2D eigenvalue weighted by molar-refractivity contribution is -0.275. The number of halogens is 6. The minimum atomic E-state index is -4.78. The number of nitrogens with zero attached hydrogens (tertiary/aromatic N) is 2. The van der Waals surface area contributed by atoms with Gasteiger partial charge in [-0.3, -0.25) is 4.79 Å². The van der Waals surface area contributed by atoms with E-state index in [1.54, 1.807) is 25.2 Å². The van der Waals surface area contributed by atoms with Crippen LogP contribution in [0.3, 0.4) is 0 Å². The first-order valence-electron chi connectivity index (χ1n) is 9.91. The van der Waals surface area contributed by atoms with E-state index in [2.05, 4.69) is 5.16 Å². The Balaban J connectivity index is 1.56. The normalized spacial score (nSPS) is 29.2. The topological polar surface area (TPSA) is 41.9 Å². The third-order valence-electron chi connectivity index (χ3n) is 6.40. The van der Waals surface area contributed by atoms with E-state index in [-0.39, 0.29) is 46.7 Å². The Bertz CT molecular complexity index is 1040. The predicted octanol–water partition coefficient (Wildman–Crippen LogP) is 5.99. The second-order valence-corrected chi connectivity index (χ2v) is 9.62. The highest BCUT2D eigenvalue weighted by atomic mass is 35.5. The maximum Gasteiger partial charge on any atom is 0.435 e. The summed E-state index contributed by atoms with van der Waals surface area (Å²) in [5, 5.41) is 3.93. The quantitative estimate of drug-likeness (QED) is 0.488. The summed E-state index contributed by atoms with van der Waals surface area (Å²) in [6, 6.07) is 3.67. The van der Waals surface area contributed by atoms with Gasteiger partial charge in [0, 0.05) is 34.4 Å². The van der Waals surface area contributed by atoms with Crippen molar-refractivity contribution in [2.45, 2.75) is 44.1 Å². The van der Waals surface area contributed by atoms with Crippen LogP contribution in [0.5, 0.6) is 0 Å². The third kappa shape index (κ3) is 3.71. The summed E-state index contributed by atoms with van der Waals surface area (Å²) < 4.78 is 57.7. The summed E-state index contributed by atoms with van der Waals surface area (Å²) in [4.78, 5) is 17.8. The highest BCUT2D eigenvalue weighted by Crippen LogP contribution is 2.52. The first kappa shape index (κ1) is 23.1. The molecular weight excluding hydrogens is 471 g/mol. The molecule has 0 aromatic heterocycles. The SMILES string of the molecule is CC(=O)N1CC(F)(C2=CCC(C)(C3=NOC(c4cc(Cl)cc(Cl)c4)(C(F)(F)F)C3)C=C2)C1. The lowest BCUT2D eigenvalue weighted by Gasteiger charge is -2.46. The Morgan fingerprint density at radius 2 is 1.81 bits per heavy atom. The molecule has 0 spiro atoms. The van der Waals surface area contributed by atoms with E-state index in [0.717, 1.165) is 0 Å². The minimum Gasteiger partial charge on any atom is -0.374 e. The molecular formula is C22H20Cl2F4N2O2. The van der Waals surface area contributed by atoms with Gasteiger partial charge in [-0.2, -0.15) is 13.2 Å². The van der Waals surface area contributed by atoms with Crippen LogP contribution in [0.1, 0.15) is 32.3 Å². The second kappa shape index (κ2) is 7.48. The number of rotatable bonds is 3. The van der Waals surface area contributed by atoms with Crippen LogP contribution in [-0.4, -0.2) is 41.5 Å². The zero-order valence-corrected chi connectivity index (χ0v) is 18.8. The summed E-state index contributed by atoms with van der Waals surface area (Å²) in [5.74, 6) is -0.203. The summed E-state index contributed by atoms with van der Waals surface area (Å²) in [7, 11) is 0. The van der Waals surface area contributed by atoms with E-state index in [0.29, 0.717) is 5.57 Å². The van der Waals surface area contributed by atoms with Crippen molar-refractivity contribution in [3.05, 3.63) is 57.6 Å². The smallest absolute Gasteiger partial charge is 0.374 e. The number of oxime groups is 1. The molecule has 1 aromatic carbocycles. The van der Waals surface area contributed by atoms with E-state index >= 15 is 4.39 Å². The van der Waals surface area contributed by atoms with Gasteiger partial charge in [-0.25, -0.2) is 4.39 Å². The van der Waals surface area contributed by atoms with Crippen LogP contribution in [0.25, 0.3) is 0 Å². The largest absolute Gasteiger partial charge is 0.435 e. The molecule has 1 aromatic rings. The fourth-order valence-corrected chi connectivity index (χ4v) is 4.77. The number of benzene rings is 1. The van der Waals surface area contributed by atoms with Crippen LogP contribution >= 0.6 is 23.2 Å². The second-order valence-electron chi connectivity index (χ2n) is 8.74. The Labute approximate surface area is 192 Å². The van der Waals surface area contributed by atoms with E-state index in [4.69, 9.17) is 28.0 Å². The Hall–Kier alpha value is -2.06. The molecule has 0 bridgehead atoms. The molecule has 3 aliphatic rings. The predicted molar refractivity (Wildman–Crippen MR) is 113 cm³/mol. The van der Waals surface area contributed by atoms with Crippen molar-refractivity contribution < 1.29 is 27.2 Å². The standard InChI is InChI=1S/C22H20Cl2F4N2O2/c1-13(31)30-11-20(25,12-30)14-3-5-19(2,6-4-14)18-10-21(32-29-18,22(26,27)28)15-7-16(23)9-17(24)8-15/h3-5,7-9H,6,10-12H2,1-2H3. The number of alkyl halides is 4. The number of hydrogen-bond acceptors (Lipinski definition) is 3. The minimum absolute atomic E-state index is 0.0357. The van der Waals surface area contributed by atoms with E-state index < -0.39 is 29.3 Å². The maximum absolute atomic E-state index is 15.1. The van der Waals surface area contributed by atoms with Gasteiger partial charge in [-0.1, -0.05) is 53.5 Å². The van der Waals surface area contributed by atoms with Crippen molar-refractivity contribution in [1.29, 1.82) is 0 Å². The van der Waals surface area contributed by atoms with Crippen LogP contribution in [0, 0.1) is 5.41 Å². The van der Waals surface area contributed by atoms with Crippen molar-refractivity contribution in [2.75, 3.05) is 13.1 Å². The summed E-state index contributed by atoms with van der Waals surface area (Å²) in [6.07, 6.45) is -0.211. The fraction of sp³-hybridized carbons (Fsp3) is 0.455. The highest BCUT2D eigenvalue weighted by Gasteiger charge is 2.63. The van der Waals surface area contributed by atoms with Gasteiger partial charge in [0.05, 0.1) is 18.8 Å². The van der Waals surface area contributed by atoms with Crippen molar-refractivity contribution >= 4 is 34.8 Å². The number of allylic oxidation sites excluding steroid dienone is 3. The molecule has 32 heavy (non-hydrogen) atoms. The molecule has 1 saturated heterocycles. The van der Waals surface area contributed by atoms with Gasteiger partial charge in [0.15, 0.2) is 5.67 Å². The Morgan fingerprint density at radius 3 is 2.31 bits per heavy atom. The van der Waals surface area contributed by atoms with Gasteiger partial charge in [0.1, 0.15) is 0 Å². The van der Waals surface area contributed by atoms with Crippen molar-refractivity contribution in [2.24, 2.45) is 10.6 Å². The number of carbonyl (C=O) groups is 1. The van der Waals surface area contributed by atoms with Gasteiger partial charge in [0.25, 0.3) is 5.60 Å². The zero-order valence-electron chi connectivity index (χ0n) is 17.3. The van der Waals surface area contributed by atoms with Gasteiger partial charge < -0.3 is 9.74 Å². The average molecular weight is 491 g/mol. The monoisotopic (exact) mass is 490 g/mol. The maximum atomic E-state index is 15.1. The van der Waals surface area contributed by atoms with Crippen LogP contribution in [0.2, 0.25) is 10.0 Å². The first-order chi connectivity index (χ1) is 14.8. The molecule has 0 saturated carbocycles. The molecule has 1 aliphatic carbocycles. The van der Waals surface area contributed by atoms with Crippen LogP contribution in [0.15, 0.2) is 47.2 Å². The van der Waals surface area contributed by atoms with E-state index in [1.807, 2.05) is 0 Å². The van der Waals surface area contributed by atoms with Crippen LogP contribution in [-0.2, 0) is 15.2 Å². The average Bonchev–Trinajstić information content (AvgIpc) is 3.13. The van der Waals surface area contributed by atoms with Crippen LogP contribution in [0.4, 0.5) is 17.6 Å². The van der Waals surface area contributed by atoms with Crippen molar-refractivity contribution in [3.63, 3.8) is 0 Å². The summed E-state index contributed by atoms with van der Waals surface area (Å²) in [6.45, 7) is 3.03. The van der Waals surface area contributed by atoms with Gasteiger partial charge in [-0.05, 0) is 30.2 Å². The lowest BCUT2D eigenvalue weighted by atomic mass is 9.71. The molecule has 2 atom stereocenters. The van der Waals surface area contributed by atoms with Crippen LogP contribution < -0.4 is 0 Å². The molecule has 0 radical (unpaired) electrons. The molecule has 2 heterocycles. The highest BCUT2D eigenvalue weighted by molar-refractivity contribution is 6.34. The number of hydrogen-bond donors (Lipinski definition) is 0. The molecule has 172 valence electrons. The van der Waals surface area contributed by atoms with E-state index in [1.165, 1.54) is 30.0 Å². The lowest BCUT2D eigenvalue weighted by Crippen LogP contribution is -2.61. The number of carbonyl (C=O) groups excluding carboxylic acids is 1. The molecule has 10 heteroatoms. The molecule has 1 fully saturated rings. The van der Waals surface area contributed by atoms with E-state index in [9.17, 15) is 18.0 Å². The molecule has 2 aliphatic heterocycles. The third-order valence-corrected chi connectivity index (χ3v) is 6.83. The fourth-order valence-electron chi connectivity index (χ4n) is 4.24. The number of likely N-dealkylation sites (tertiary alicyclic amines) is 1. The summed E-state index contributed by atoms with van der Waals surface area (Å²) >= 11 is 11.9. The Kier molecular flexibility index (Phi) is 5.41. The van der Waals surface area contributed by atoms with Gasteiger partial charge in [-0.15, -0.1) is 0 Å². The molecule has 4 nitrogen and oxygen atoms in total. The molecule has 1 amide bonds. The molecule has 4 rings (SSSR count). The summed E-state index contributed by atoms with van der Waals surface area (Å²) in [5.41, 5.74) is -4.89. The zero-order chi connectivity index (χ0) is 23.5. The molecule has 2 unspecified atom stereocenters. The van der Waals surface area contributed by atoms with Crippen molar-refractivity contribution in [3.8, 4) is 0 Å². The molecule has 0 N–H and O–H groups in total. The number of amides is 1. The Morgan fingerprint density at radius 1 is 1.19 bits per heavy atom. The van der Waals surface area contributed by atoms with Gasteiger partial charge in [0.2, 0.25) is 5.91 Å². The van der Waals surface area contributed by atoms with Gasteiger partial charge >= 0.3 is 6.18 Å². The first-order valence-corrected chi connectivity index (χ1v) is 10.7. The van der Waals surface area contributed by atoms with Crippen molar-refractivity contribution in [1.82, 2.24) is 4.90 Å².